The fourth-order valence-corrected chi connectivity index (χ4v) is 6.88. The molecule has 0 aliphatic carbocycles. The van der Waals surface area contributed by atoms with Crippen LogP contribution in [0.2, 0.25) is 0 Å². The van der Waals surface area contributed by atoms with E-state index in [9.17, 15) is 37.7 Å². The van der Waals surface area contributed by atoms with Crippen molar-refractivity contribution in [1.29, 1.82) is 0 Å². The smallest absolute Gasteiger partial charge is 0.269 e. The number of nitro groups is 1. The molecule has 2 N–H and O–H groups in total. The minimum atomic E-state index is -4.02. The van der Waals surface area contributed by atoms with Gasteiger partial charge >= 0.3 is 0 Å². The summed E-state index contributed by atoms with van der Waals surface area (Å²) >= 11 is 0. The van der Waals surface area contributed by atoms with E-state index in [2.05, 4.69) is 15.0 Å². The van der Waals surface area contributed by atoms with Crippen molar-refractivity contribution in [1.82, 2.24) is 19.9 Å². The Morgan fingerprint density at radius 1 is 0.860 bits per heavy atom. The van der Waals surface area contributed by atoms with Crippen molar-refractivity contribution in [2.45, 2.75) is 30.3 Å². The number of pyridine rings is 1. The van der Waals surface area contributed by atoms with Gasteiger partial charge in [0.2, 0.25) is 21.8 Å². The quantitative estimate of drug-likeness (QED) is 0.126. The minimum Gasteiger partial charge on any atom is -0.463 e. The van der Waals surface area contributed by atoms with Crippen LogP contribution in [0.25, 0.3) is 33.8 Å². The van der Waals surface area contributed by atoms with E-state index in [0.717, 1.165) is 4.90 Å². The summed E-state index contributed by atoms with van der Waals surface area (Å²) in [6.07, 6.45) is 1.53. The first-order valence-corrected chi connectivity index (χ1v) is 16.7. The van der Waals surface area contributed by atoms with Crippen LogP contribution in [0.15, 0.2) is 107 Å². The molecule has 2 aliphatic rings. The van der Waals surface area contributed by atoms with Gasteiger partial charge in [0.05, 0.1) is 32.9 Å². The van der Waals surface area contributed by atoms with Gasteiger partial charge in [0.1, 0.15) is 11.7 Å². The Morgan fingerprint density at radius 2 is 1.56 bits per heavy atom. The summed E-state index contributed by atoms with van der Waals surface area (Å²) in [5.41, 5.74) is 3.52. The fourth-order valence-electron chi connectivity index (χ4n) is 5.87. The molecule has 0 radical (unpaired) electrons. The zero-order chi connectivity index (χ0) is 35.2. The first-order valence-electron chi connectivity index (χ1n) is 15.2. The Hall–Kier alpha value is -6.32. The van der Waals surface area contributed by atoms with Crippen LogP contribution in [0.5, 0.6) is 0 Å². The van der Waals surface area contributed by atoms with E-state index in [1.165, 1.54) is 48.7 Å². The maximum atomic E-state index is 13.3. The third kappa shape index (κ3) is 6.06. The van der Waals surface area contributed by atoms with Gasteiger partial charge < -0.3 is 4.42 Å². The number of rotatable bonds is 9. The number of fused-ring (bicyclic) bond motifs is 1. The number of benzene rings is 3. The summed E-state index contributed by atoms with van der Waals surface area (Å²) in [6.45, 7) is -0.188. The van der Waals surface area contributed by atoms with Crippen LogP contribution in [0.1, 0.15) is 39.1 Å². The van der Waals surface area contributed by atoms with E-state index in [4.69, 9.17) is 4.42 Å². The first-order chi connectivity index (χ1) is 24.0. The number of hydrogen-bond acceptors (Lipinski definition) is 10. The largest absolute Gasteiger partial charge is 0.463 e. The summed E-state index contributed by atoms with van der Waals surface area (Å²) in [5, 5.41) is 13.3. The third-order valence-electron chi connectivity index (χ3n) is 8.44. The zero-order valence-electron chi connectivity index (χ0n) is 25.9. The number of aromatic nitrogens is 1. The van der Waals surface area contributed by atoms with Crippen LogP contribution in [0.3, 0.4) is 0 Å². The molecule has 1 atom stereocenters. The number of hydrogen-bond donors (Lipinski definition) is 2. The lowest BCUT2D eigenvalue weighted by Gasteiger charge is -2.27. The number of imide groups is 2. The van der Waals surface area contributed by atoms with Gasteiger partial charge in [-0.25, -0.2) is 18.1 Å². The van der Waals surface area contributed by atoms with Gasteiger partial charge in [-0.2, -0.15) is 0 Å². The van der Waals surface area contributed by atoms with Crippen molar-refractivity contribution in [3.8, 4) is 33.8 Å². The van der Waals surface area contributed by atoms with Gasteiger partial charge in [0.25, 0.3) is 17.5 Å². The predicted octanol–water partition coefficient (Wildman–Crippen LogP) is 4.46. The lowest BCUT2D eigenvalue weighted by atomic mass is 10.0. The number of nitrogens with zero attached hydrogens (tertiary/aromatic N) is 3. The molecule has 1 fully saturated rings. The van der Waals surface area contributed by atoms with Crippen molar-refractivity contribution in [2.75, 3.05) is 0 Å². The van der Waals surface area contributed by atoms with Crippen molar-refractivity contribution in [3.63, 3.8) is 0 Å². The predicted molar refractivity (Wildman–Crippen MR) is 177 cm³/mol. The van der Waals surface area contributed by atoms with Crippen LogP contribution in [0, 0.1) is 10.1 Å². The summed E-state index contributed by atoms with van der Waals surface area (Å²) in [5.74, 6) is -2.04. The highest BCUT2D eigenvalue weighted by atomic mass is 32.2. The Bertz CT molecular complexity index is 2320. The lowest BCUT2D eigenvalue weighted by molar-refractivity contribution is -0.384. The first kappa shape index (κ1) is 32.2. The Kier molecular flexibility index (Phi) is 8.13. The highest BCUT2D eigenvalue weighted by Crippen LogP contribution is 2.32. The molecule has 1 unspecified atom stereocenters. The number of carbonyl (C=O) groups is 4. The monoisotopic (exact) mass is 691 g/mol. The molecule has 0 bridgehead atoms. The Balaban J connectivity index is 1.09. The highest BCUT2D eigenvalue weighted by Gasteiger charge is 2.44. The number of non-ortho nitro benzene ring substituents is 1. The number of nitro benzene ring substituents is 1. The molecule has 250 valence electrons. The van der Waals surface area contributed by atoms with Crippen LogP contribution >= 0.6 is 0 Å². The normalized spacial score (nSPS) is 16.0. The maximum Gasteiger partial charge on any atom is 0.269 e. The molecule has 2 aromatic heterocycles. The molecule has 3 aromatic carbocycles. The van der Waals surface area contributed by atoms with E-state index >= 15 is 0 Å². The van der Waals surface area contributed by atoms with Crippen molar-refractivity contribution >= 4 is 39.3 Å². The van der Waals surface area contributed by atoms with Crippen molar-refractivity contribution in [2.24, 2.45) is 0 Å². The topological polar surface area (TPSA) is 199 Å². The maximum absolute atomic E-state index is 13.3. The summed E-state index contributed by atoms with van der Waals surface area (Å²) < 4.78 is 34.6. The molecule has 0 saturated carbocycles. The third-order valence-corrected chi connectivity index (χ3v) is 9.86. The van der Waals surface area contributed by atoms with Crippen LogP contribution in [0.4, 0.5) is 5.69 Å². The molecule has 4 amide bonds. The average molecular weight is 692 g/mol. The summed E-state index contributed by atoms with van der Waals surface area (Å²) in [6, 6.07) is 22.4. The molecule has 2 aliphatic heterocycles. The fraction of sp³-hybridized carbons (Fsp3) is 0.114. The second-order valence-corrected chi connectivity index (χ2v) is 13.4. The van der Waals surface area contributed by atoms with E-state index in [1.54, 1.807) is 48.5 Å². The highest BCUT2D eigenvalue weighted by molar-refractivity contribution is 7.89. The number of sulfonamides is 1. The van der Waals surface area contributed by atoms with Crippen molar-refractivity contribution < 1.29 is 36.9 Å². The number of piperidine rings is 1. The molecule has 14 nitrogen and oxygen atoms in total. The van der Waals surface area contributed by atoms with Crippen molar-refractivity contribution in [3.05, 3.63) is 124 Å². The number of carbonyl (C=O) groups excluding carboxylic acids is 4. The molecule has 15 heteroatoms. The van der Waals surface area contributed by atoms with Gasteiger partial charge in [-0.3, -0.25) is 39.5 Å². The molecular weight excluding hydrogens is 666 g/mol. The average Bonchev–Trinajstić information content (AvgIpc) is 3.74. The molecule has 1 saturated heterocycles. The molecular formula is C35H25N5O9S. The number of furan rings is 1. The second-order valence-electron chi connectivity index (χ2n) is 11.6. The van der Waals surface area contributed by atoms with E-state index in [1.807, 2.05) is 0 Å². The zero-order valence-corrected chi connectivity index (χ0v) is 26.7. The molecule has 5 aromatic rings. The van der Waals surface area contributed by atoms with Crippen LogP contribution in [-0.2, 0) is 26.2 Å². The van der Waals surface area contributed by atoms with Gasteiger partial charge in [-0.05, 0) is 83.8 Å². The SMILES string of the molecule is O=C1CCC(N2C(=O)c3ccc(CNS(=O)(=O)c4ccc(-c5cc(-c6ccc([N+](=O)[O-])cc6)nc(-c6ccco6)c5)cc4)cc3C2=O)C(=O)N1. The number of amides is 4. The van der Waals surface area contributed by atoms with Gasteiger partial charge in [0.15, 0.2) is 5.76 Å². The molecule has 7 rings (SSSR count). The standard InChI is InChI=1S/C35H25N5O9S/c41-32-14-13-30(33(42)38-32)39-34(43)26-12-3-20(16-27(26)35(39)44)19-36-50(47,48)25-10-6-21(7-11-25)23-17-28(22-4-8-24(9-5-22)40(45)46)37-29(18-23)31-2-1-15-49-31/h1-12,15-18,30,36H,13-14,19H2,(H,38,41,42). The van der Waals surface area contributed by atoms with Crippen LogP contribution < -0.4 is 10.0 Å². The Morgan fingerprint density at radius 3 is 2.24 bits per heavy atom. The van der Waals surface area contributed by atoms with Gasteiger partial charge in [-0.1, -0.05) is 18.2 Å². The van der Waals surface area contributed by atoms with Gasteiger partial charge in [-0.15, -0.1) is 0 Å². The molecule has 50 heavy (non-hydrogen) atoms. The molecule has 0 spiro atoms. The number of nitrogens with one attached hydrogen (secondary N) is 2. The van der Waals surface area contributed by atoms with Gasteiger partial charge in [0, 0.05) is 30.7 Å². The molecule has 4 heterocycles. The van der Waals surface area contributed by atoms with E-state index < -0.39 is 44.6 Å². The van der Waals surface area contributed by atoms with Crippen LogP contribution in [-0.4, -0.2) is 52.9 Å². The summed E-state index contributed by atoms with van der Waals surface area (Å²) in [4.78, 5) is 66.2. The summed E-state index contributed by atoms with van der Waals surface area (Å²) in [7, 11) is -4.02. The van der Waals surface area contributed by atoms with E-state index in [-0.39, 0.29) is 41.1 Å². The minimum absolute atomic E-state index is 0.00439. The van der Waals surface area contributed by atoms with E-state index in [0.29, 0.717) is 39.4 Å². The Labute approximate surface area is 284 Å². The second kappa shape index (κ2) is 12.6. The lowest BCUT2D eigenvalue weighted by Crippen LogP contribution is -2.54.